The van der Waals surface area contributed by atoms with Crippen molar-refractivity contribution in [1.29, 1.82) is 0 Å². The van der Waals surface area contributed by atoms with Gasteiger partial charge in [-0.25, -0.2) is 4.39 Å². The lowest BCUT2D eigenvalue weighted by Crippen LogP contribution is -2.25. The van der Waals surface area contributed by atoms with E-state index in [1.165, 1.54) is 25.7 Å². The van der Waals surface area contributed by atoms with Crippen LogP contribution in [0.15, 0.2) is 12.1 Å². The van der Waals surface area contributed by atoms with E-state index in [0.29, 0.717) is 17.0 Å². The maximum absolute atomic E-state index is 13.8. The van der Waals surface area contributed by atoms with Crippen molar-refractivity contribution in [3.05, 3.63) is 34.6 Å². The van der Waals surface area contributed by atoms with Crippen LogP contribution in [-0.2, 0) is 0 Å². The molecule has 1 aliphatic rings. The Bertz CT molecular complexity index is 449. The maximum Gasteiger partial charge on any atom is 0.129 e. The minimum absolute atomic E-state index is 0.00500. The molecule has 2 rings (SSSR count). The van der Waals surface area contributed by atoms with Gasteiger partial charge in [0.2, 0.25) is 0 Å². The molecule has 1 aromatic carbocycles. The normalized spacial score (nSPS) is 19.6. The lowest BCUT2D eigenvalue weighted by Gasteiger charge is -2.36. The van der Waals surface area contributed by atoms with E-state index in [1.807, 2.05) is 26.0 Å². The van der Waals surface area contributed by atoms with Crippen LogP contribution in [-0.4, -0.2) is 0 Å². The Hall–Kier alpha value is -0.560. The van der Waals surface area contributed by atoms with Gasteiger partial charge in [-0.2, -0.15) is 0 Å². The minimum atomic E-state index is -0.0954. The van der Waals surface area contributed by atoms with Crippen molar-refractivity contribution in [2.45, 2.75) is 65.2 Å². The fourth-order valence-electron chi connectivity index (χ4n) is 3.93. The van der Waals surface area contributed by atoms with Crippen molar-refractivity contribution in [3.8, 4) is 0 Å². The fourth-order valence-corrected chi connectivity index (χ4v) is 4.37. The molecular weight excluding hydrogens is 271 g/mol. The first kappa shape index (κ1) is 15.8. The first-order chi connectivity index (χ1) is 9.35. The van der Waals surface area contributed by atoms with E-state index >= 15 is 0 Å². The second-order valence-corrected chi connectivity index (χ2v) is 7.44. The van der Waals surface area contributed by atoms with Crippen LogP contribution in [0.3, 0.4) is 0 Å². The molecule has 0 aromatic heterocycles. The number of hydrogen-bond donors (Lipinski definition) is 0. The van der Waals surface area contributed by atoms with Gasteiger partial charge in [0, 0.05) is 0 Å². The summed E-state index contributed by atoms with van der Waals surface area (Å²) in [7, 11) is 0. The number of aryl methyl sites for hydroxylation is 2. The molecular formula is C18H26ClF. The van der Waals surface area contributed by atoms with E-state index in [1.54, 1.807) is 0 Å². The third-order valence-electron chi connectivity index (χ3n) is 4.70. The minimum Gasteiger partial charge on any atom is -0.206 e. The summed E-state index contributed by atoms with van der Waals surface area (Å²) in [5.74, 6) is 0.555. The van der Waals surface area contributed by atoms with Crippen LogP contribution in [0.5, 0.6) is 0 Å². The molecule has 1 fully saturated rings. The Morgan fingerprint density at radius 1 is 1.15 bits per heavy atom. The maximum atomic E-state index is 13.8. The Morgan fingerprint density at radius 3 is 2.10 bits per heavy atom. The lowest BCUT2D eigenvalue weighted by molar-refractivity contribution is 0.223. The summed E-state index contributed by atoms with van der Waals surface area (Å²) in [6.07, 6.45) is 6.12. The molecule has 20 heavy (non-hydrogen) atoms. The molecule has 1 saturated carbocycles. The van der Waals surface area contributed by atoms with E-state index in [4.69, 9.17) is 11.6 Å². The van der Waals surface area contributed by atoms with Gasteiger partial charge in [0.15, 0.2) is 0 Å². The third kappa shape index (κ3) is 3.03. The molecule has 1 aliphatic carbocycles. The molecule has 0 aliphatic heterocycles. The predicted octanol–water partition coefficient (Wildman–Crippen LogP) is 6.33. The van der Waals surface area contributed by atoms with Gasteiger partial charge in [-0.1, -0.05) is 38.8 Å². The van der Waals surface area contributed by atoms with Crippen LogP contribution in [0, 0.1) is 31.0 Å². The Morgan fingerprint density at radius 2 is 1.65 bits per heavy atom. The molecule has 0 saturated heterocycles. The van der Waals surface area contributed by atoms with E-state index < -0.39 is 0 Å². The van der Waals surface area contributed by atoms with Gasteiger partial charge < -0.3 is 0 Å². The highest BCUT2D eigenvalue weighted by atomic mass is 35.5. The van der Waals surface area contributed by atoms with E-state index in [2.05, 4.69) is 13.8 Å². The summed E-state index contributed by atoms with van der Waals surface area (Å²) in [5.41, 5.74) is 2.73. The second-order valence-electron chi connectivity index (χ2n) is 7.00. The summed E-state index contributed by atoms with van der Waals surface area (Å²) in [6, 6.07) is 3.89. The van der Waals surface area contributed by atoms with Crippen LogP contribution >= 0.6 is 11.6 Å². The number of halogens is 2. The predicted molar refractivity (Wildman–Crippen MR) is 84.8 cm³/mol. The zero-order valence-electron chi connectivity index (χ0n) is 13.1. The summed E-state index contributed by atoms with van der Waals surface area (Å²) in [6.45, 7) is 8.20. The Balaban J connectivity index is 2.35. The SMILES string of the molecule is Cc1cc(C(Cl)C2(CC(C)C)CCCC2)cc(C)c1F. The monoisotopic (exact) mass is 296 g/mol. The smallest absolute Gasteiger partial charge is 0.129 e. The van der Waals surface area contributed by atoms with Crippen molar-refractivity contribution in [3.63, 3.8) is 0 Å². The summed E-state index contributed by atoms with van der Waals surface area (Å²) in [5, 5.41) is 0.00500. The fraction of sp³-hybridized carbons (Fsp3) is 0.667. The number of hydrogen-bond acceptors (Lipinski definition) is 0. The zero-order valence-corrected chi connectivity index (χ0v) is 13.9. The molecule has 1 aromatic rings. The van der Waals surface area contributed by atoms with Crippen LogP contribution in [0.1, 0.15) is 68.0 Å². The van der Waals surface area contributed by atoms with E-state index in [0.717, 1.165) is 12.0 Å². The summed E-state index contributed by atoms with van der Waals surface area (Å²) in [4.78, 5) is 0. The molecule has 1 atom stereocenters. The molecule has 0 N–H and O–H groups in total. The van der Waals surface area contributed by atoms with Gasteiger partial charge in [0.05, 0.1) is 5.38 Å². The van der Waals surface area contributed by atoms with E-state index in [9.17, 15) is 4.39 Å². The van der Waals surface area contributed by atoms with Gasteiger partial charge in [0.1, 0.15) is 5.82 Å². The molecule has 1 unspecified atom stereocenters. The third-order valence-corrected chi connectivity index (χ3v) is 5.42. The largest absolute Gasteiger partial charge is 0.206 e. The molecule has 0 spiro atoms. The molecule has 0 amide bonds. The van der Waals surface area contributed by atoms with Crippen molar-refractivity contribution in [2.75, 3.05) is 0 Å². The standard InChI is InChI=1S/C18H26ClF/c1-12(2)11-18(7-5-6-8-18)17(19)15-9-13(3)16(20)14(4)10-15/h9-10,12,17H,5-8,11H2,1-4H3. The van der Waals surface area contributed by atoms with Crippen LogP contribution in [0.2, 0.25) is 0 Å². The van der Waals surface area contributed by atoms with Crippen molar-refractivity contribution in [1.82, 2.24) is 0 Å². The van der Waals surface area contributed by atoms with Gasteiger partial charge in [-0.3, -0.25) is 0 Å². The highest BCUT2D eigenvalue weighted by Gasteiger charge is 2.41. The van der Waals surface area contributed by atoms with Gasteiger partial charge in [0.25, 0.3) is 0 Å². The topological polar surface area (TPSA) is 0 Å². The van der Waals surface area contributed by atoms with E-state index in [-0.39, 0.29) is 16.6 Å². The van der Waals surface area contributed by atoms with Gasteiger partial charge in [-0.05, 0) is 61.1 Å². The second kappa shape index (κ2) is 6.05. The van der Waals surface area contributed by atoms with Gasteiger partial charge in [-0.15, -0.1) is 11.6 Å². The first-order valence-electron chi connectivity index (χ1n) is 7.76. The van der Waals surface area contributed by atoms with Crippen LogP contribution in [0.4, 0.5) is 4.39 Å². The lowest BCUT2D eigenvalue weighted by atomic mass is 9.73. The van der Waals surface area contributed by atoms with Gasteiger partial charge >= 0.3 is 0 Å². The van der Waals surface area contributed by atoms with Crippen molar-refractivity contribution >= 4 is 11.6 Å². The molecule has 0 radical (unpaired) electrons. The number of rotatable bonds is 4. The van der Waals surface area contributed by atoms with Crippen molar-refractivity contribution in [2.24, 2.45) is 11.3 Å². The van der Waals surface area contributed by atoms with Crippen LogP contribution in [0.25, 0.3) is 0 Å². The Labute approximate surface area is 127 Å². The molecule has 0 nitrogen and oxygen atoms in total. The summed E-state index contributed by atoms with van der Waals surface area (Å²) < 4.78 is 13.8. The molecule has 112 valence electrons. The first-order valence-corrected chi connectivity index (χ1v) is 8.20. The zero-order chi connectivity index (χ0) is 14.9. The van der Waals surface area contributed by atoms with Crippen LogP contribution < -0.4 is 0 Å². The molecule has 0 bridgehead atoms. The quantitative estimate of drug-likeness (QED) is 0.570. The van der Waals surface area contributed by atoms with Crippen molar-refractivity contribution < 1.29 is 4.39 Å². The summed E-state index contributed by atoms with van der Waals surface area (Å²) >= 11 is 6.89. The number of alkyl halides is 1. The highest BCUT2D eigenvalue weighted by Crippen LogP contribution is 2.54. The Kier molecular flexibility index (Phi) is 4.79. The molecule has 2 heteroatoms. The highest BCUT2D eigenvalue weighted by molar-refractivity contribution is 6.21. The number of benzene rings is 1. The molecule has 0 heterocycles. The average Bonchev–Trinajstić information content (AvgIpc) is 2.83. The average molecular weight is 297 g/mol.